The summed E-state index contributed by atoms with van der Waals surface area (Å²) >= 11 is 0. The van der Waals surface area contributed by atoms with E-state index in [1.165, 1.54) is 7.11 Å². The summed E-state index contributed by atoms with van der Waals surface area (Å²) in [6.07, 6.45) is 2.69. The Morgan fingerprint density at radius 3 is 1.23 bits per heavy atom. The van der Waals surface area contributed by atoms with Crippen molar-refractivity contribution in [3.8, 4) is 0 Å². The van der Waals surface area contributed by atoms with Crippen LogP contribution in [0, 0.1) is 10.8 Å². The first-order valence-corrected chi connectivity index (χ1v) is 10.3. The molecule has 0 unspecified atom stereocenters. The summed E-state index contributed by atoms with van der Waals surface area (Å²) in [7, 11) is 1.31. The molecule has 13 nitrogen and oxygen atoms in total. The van der Waals surface area contributed by atoms with Crippen LogP contribution in [-0.2, 0) is 23.9 Å². The first kappa shape index (κ1) is 40.8. The third-order valence-corrected chi connectivity index (χ3v) is 4.46. The monoisotopic (exact) mass is 522 g/mol. The third-order valence-electron chi connectivity index (χ3n) is 4.46. The molecule has 0 saturated heterocycles. The number of aliphatic hydroxyl groups excluding tert-OH is 6. The van der Waals surface area contributed by atoms with Gasteiger partial charge in [-0.1, -0.05) is 13.0 Å². The molecule has 0 aromatic rings. The molecule has 0 bridgehead atoms. The van der Waals surface area contributed by atoms with Gasteiger partial charge in [0.05, 0.1) is 70.8 Å². The molecular formula is C21H38MgO13. The van der Waals surface area contributed by atoms with Crippen LogP contribution in [0.3, 0.4) is 0 Å². The fraction of sp³-hybridized carbons (Fsp3) is 0.762. The fourth-order valence-electron chi connectivity index (χ4n) is 1.86. The SMILES string of the molecule is C=CC(=O)OC.O=C([O-])CCCCCC(=O)[O-].OCC(CO)(CO)COCC(CO)(CO)CO.[Mg+2]. The minimum Gasteiger partial charge on any atom is -0.550 e. The van der Waals surface area contributed by atoms with Crippen LogP contribution in [0.15, 0.2) is 12.7 Å². The van der Waals surface area contributed by atoms with Crippen LogP contribution in [-0.4, -0.2) is 132 Å². The van der Waals surface area contributed by atoms with Crippen LogP contribution in [0.25, 0.3) is 0 Å². The summed E-state index contributed by atoms with van der Waals surface area (Å²) in [5.74, 6) is -2.56. The summed E-state index contributed by atoms with van der Waals surface area (Å²) in [6, 6.07) is 0. The van der Waals surface area contributed by atoms with E-state index in [1.54, 1.807) is 0 Å². The van der Waals surface area contributed by atoms with Crippen molar-refractivity contribution in [3.05, 3.63) is 12.7 Å². The molecule has 0 aromatic carbocycles. The van der Waals surface area contributed by atoms with Gasteiger partial charge in [-0.2, -0.15) is 0 Å². The average Bonchev–Trinajstić information content (AvgIpc) is 2.84. The molecule has 0 amide bonds. The van der Waals surface area contributed by atoms with E-state index in [0.29, 0.717) is 19.3 Å². The van der Waals surface area contributed by atoms with Crippen molar-refractivity contribution in [2.75, 3.05) is 60.0 Å². The average molecular weight is 523 g/mol. The molecule has 0 aliphatic rings. The van der Waals surface area contributed by atoms with E-state index in [2.05, 4.69) is 11.3 Å². The van der Waals surface area contributed by atoms with Gasteiger partial charge in [0.25, 0.3) is 0 Å². The van der Waals surface area contributed by atoms with Gasteiger partial charge in [0.1, 0.15) is 0 Å². The molecule has 0 radical (unpaired) electrons. The number of aliphatic hydroxyl groups is 6. The van der Waals surface area contributed by atoms with E-state index in [4.69, 9.17) is 35.4 Å². The second-order valence-corrected chi connectivity index (χ2v) is 7.47. The van der Waals surface area contributed by atoms with Gasteiger partial charge in [-0.15, -0.1) is 0 Å². The van der Waals surface area contributed by atoms with Crippen molar-refractivity contribution in [3.63, 3.8) is 0 Å². The van der Waals surface area contributed by atoms with Gasteiger partial charge in [-0.3, -0.25) is 0 Å². The number of hydrogen-bond acceptors (Lipinski definition) is 13. The van der Waals surface area contributed by atoms with Crippen molar-refractivity contribution in [2.45, 2.75) is 32.1 Å². The van der Waals surface area contributed by atoms with Gasteiger partial charge < -0.3 is 59.9 Å². The Kier molecular flexibility index (Phi) is 30.0. The summed E-state index contributed by atoms with van der Waals surface area (Å²) in [5, 5.41) is 73.9. The number of carboxylic acids is 2. The molecule has 0 fully saturated rings. The Bertz CT molecular complexity index is 497. The Labute approximate surface area is 221 Å². The standard InChI is InChI=1S/C10H22O7.C7H12O4.C4H6O2.Mg/c11-1-9(2-12,3-13)7-17-8-10(4-14,5-15)6-16;8-6(9)4-2-1-3-5-7(10)11;1-3-4(5)6-2;/h11-16H,1-8H2;1-5H2,(H,8,9)(H,10,11);3H,1H2,2H3;/q;;;+2/p-2. The maximum absolute atomic E-state index is 9.86. The number of carbonyl (C=O) groups is 3. The van der Waals surface area contributed by atoms with Crippen molar-refractivity contribution in [1.82, 2.24) is 0 Å². The number of hydrogen-bond donors (Lipinski definition) is 6. The van der Waals surface area contributed by atoms with Crippen molar-refractivity contribution in [1.29, 1.82) is 0 Å². The summed E-state index contributed by atoms with van der Waals surface area (Å²) in [4.78, 5) is 29.6. The molecule has 0 aromatic heterocycles. The van der Waals surface area contributed by atoms with Crippen LogP contribution in [0.2, 0.25) is 0 Å². The van der Waals surface area contributed by atoms with E-state index in [1.807, 2.05) is 0 Å². The molecule has 0 heterocycles. The molecule has 0 rings (SSSR count). The van der Waals surface area contributed by atoms with Gasteiger partial charge in [0, 0.05) is 18.0 Å². The summed E-state index contributed by atoms with van der Waals surface area (Å²) in [5.41, 5.74) is -2.32. The minimum atomic E-state index is -1.16. The van der Waals surface area contributed by atoms with Gasteiger partial charge in [-0.05, 0) is 25.7 Å². The number of methoxy groups -OCH3 is 1. The molecule has 0 aliphatic heterocycles. The zero-order valence-electron chi connectivity index (χ0n) is 20.2. The number of ether oxygens (including phenoxy) is 2. The van der Waals surface area contributed by atoms with E-state index in [9.17, 15) is 24.6 Å². The maximum atomic E-state index is 9.86. The Morgan fingerprint density at radius 2 is 1.06 bits per heavy atom. The van der Waals surface area contributed by atoms with E-state index < -0.39 is 68.4 Å². The molecule has 0 atom stereocenters. The Balaban J connectivity index is -0.000000229. The predicted molar refractivity (Wildman–Crippen MR) is 119 cm³/mol. The van der Waals surface area contributed by atoms with E-state index in [0.717, 1.165) is 6.08 Å². The molecule has 202 valence electrons. The number of carbonyl (C=O) groups excluding carboxylic acids is 3. The molecule has 14 heteroatoms. The second kappa shape index (κ2) is 25.7. The smallest absolute Gasteiger partial charge is 0.550 e. The summed E-state index contributed by atoms with van der Waals surface area (Å²) in [6.45, 7) is 0.152. The van der Waals surface area contributed by atoms with Gasteiger partial charge in [0.15, 0.2) is 0 Å². The zero-order chi connectivity index (χ0) is 27.0. The zero-order valence-corrected chi connectivity index (χ0v) is 21.6. The number of aliphatic carboxylic acids is 2. The molecule has 0 spiro atoms. The van der Waals surface area contributed by atoms with Crippen molar-refractivity contribution in [2.24, 2.45) is 10.8 Å². The largest absolute Gasteiger partial charge is 2.00 e. The molecule has 35 heavy (non-hydrogen) atoms. The predicted octanol–water partition coefficient (Wildman–Crippen LogP) is -4.67. The molecule has 6 N–H and O–H groups in total. The number of unbranched alkanes of at least 4 members (excludes halogenated alkanes) is 2. The van der Waals surface area contributed by atoms with Crippen LogP contribution in [0.5, 0.6) is 0 Å². The van der Waals surface area contributed by atoms with Crippen LogP contribution in [0.1, 0.15) is 32.1 Å². The third kappa shape index (κ3) is 22.8. The molecule has 0 saturated carbocycles. The van der Waals surface area contributed by atoms with Crippen molar-refractivity contribution < 1.29 is 64.7 Å². The van der Waals surface area contributed by atoms with Crippen LogP contribution in [0.4, 0.5) is 0 Å². The minimum absolute atomic E-state index is 0. The van der Waals surface area contributed by atoms with Crippen LogP contribution < -0.4 is 10.2 Å². The Morgan fingerprint density at radius 1 is 0.743 bits per heavy atom. The fourth-order valence-corrected chi connectivity index (χ4v) is 1.86. The number of carboxylic acid groups (broad SMARTS) is 2. The second-order valence-electron chi connectivity index (χ2n) is 7.47. The first-order valence-electron chi connectivity index (χ1n) is 10.3. The van der Waals surface area contributed by atoms with E-state index >= 15 is 0 Å². The Hall–Kier alpha value is -1.36. The molecule has 0 aliphatic carbocycles. The van der Waals surface area contributed by atoms with Crippen molar-refractivity contribution >= 4 is 41.0 Å². The van der Waals surface area contributed by atoms with Gasteiger partial charge in [0.2, 0.25) is 0 Å². The van der Waals surface area contributed by atoms with Crippen LogP contribution >= 0.6 is 0 Å². The summed E-state index contributed by atoms with van der Waals surface area (Å²) < 4.78 is 9.29. The first-order chi connectivity index (χ1) is 16.0. The normalized spacial score (nSPS) is 10.5. The topological polar surface area (TPSA) is 237 Å². The van der Waals surface area contributed by atoms with Gasteiger partial charge in [-0.25, -0.2) is 4.79 Å². The number of esters is 1. The van der Waals surface area contributed by atoms with E-state index in [-0.39, 0.29) is 49.1 Å². The molecular weight excluding hydrogens is 485 g/mol. The van der Waals surface area contributed by atoms with Gasteiger partial charge >= 0.3 is 29.0 Å². The number of rotatable bonds is 17. The quantitative estimate of drug-likeness (QED) is 0.0456. The maximum Gasteiger partial charge on any atom is 2.00 e.